The molecule has 0 saturated carbocycles. The molecule has 2 aromatic rings. The van der Waals surface area contributed by atoms with Crippen molar-refractivity contribution in [2.24, 2.45) is 0 Å². The Morgan fingerprint density at radius 3 is 2.52 bits per heavy atom. The minimum Gasteiger partial charge on any atom is -0.508 e. The zero-order valence-corrected chi connectivity index (χ0v) is 12.8. The molecular weight excluding hydrogens is 264 g/mol. The number of aryl methyl sites for hydroxylation is 1. The molecule has 21 heavy (non-hydrogen) atoms. The van der Waals surface area contributed by atoms with Gasteiger partial charge in [0.2, 0.25) is 0 Å². The second-order valence-corrected chi connectivity index (χ2v) is 5.66. The lowest BCUT2D eigenvalue weighted by Crippen LogP contribution is -2.08. The molecule has 0 saturated heterocycles. The van der Waals surface area contributed by atoms with Crippen molar-refractivity contribution in [2.75, 3.05) is 7.11 Å². The van der Waals surface area contributed by atoms with Crippen LogP contribution in [0.2, 0.25) is 0 Å². The van der Waals surface area contributed by atoms with Gasteiger partial charge in [0.1, 0.15) is 11.9 Å². The number of phenols is 1. The monoisotopic (exact) mass is 284 g/mol. The number of ether oxygens (including phenoxy) is 2. The van der Waals surface area contributed by atoms with E-state index in [1.165, 1.54) is 11.1 Å². The van der Waals surface area contributed by atoms with Gasteiger partial charge >= 0.3 is 0 Å². The summed E-state index contributed by atoms with van der Waals surface area (Å²) in [5.74, 6) is 1.81. The molecular formula is C18H20O3. The SMILES string of the molecule is COc1c(C)c(O)cc2c1O[C@H](c1ccccc1C)[C@H]2C. The fourth-order valence-electron chi connectivity index (χ4n) is 3.08. The van der Waals surface area contributed by atoms with Crippen LogP contribution in [0.5, 0.6) is 17.2 Å². The number of benzene rings is 2. The number of phenolic OH excluding ortho intramolecular Hbond substituents is 1. The molecule has 0 amide bonds. The van der Waals surface area contributed by atoms with Gasteiger partial charge in [0.15, 0.2) is 11.5 Å². The lowest BCUT2D eigenvalue weighted by atomic mass is 9.90. The number of methoxy groups -OCH3 is 1. The Hall–Kier alpha value is -2.16. The lowest BCUT2D eigenvalue weighted by molar-refractivity contribution is 0.207. The van der Waals surface area contributed by atoms with Crippen LogP contribution in [0.3, 0.4) is 0 Å². The van der Waals surface area contributed by atoms with Crippen LogP contribution in [0, 0.1) is 13.8 Å². The summed E-state index contributed by atoms with van der Waals surface area (Å²) in [4.78, 5) is 0. The molecule has 0 radical (unpaired) electrons. The Kier molecular flexibility index (Phi) is 3.28. The average molecular weight is 284 g/mol. The Morgan fingerprint density at radius 1 is 1.14 bits per heavy atom. The van der Waals surface area contributed by atoms with Crippen LogP contribution in [0.1, 0.15) is 41.2 Å². The van der Waals surface area contributed by atoms with Crippen LogP contribution < -0.4 is 9.47 Å². The molecule has 1 N–H and O–H groups in total. The van der Waals surface area contributed by atoms with E-state index in [0.717, 1.165) is 11.3 Å². The Morgan fingerprint density at radius 2 is 1.86 bits per heavy atom. The molecule has 3 nitrogen and oxygen atoms in total. The van der Waals surface area contributed by atoms with E-state index < -0.39 is 0 Å². The van der Waals surface area contributed by atoms with Gasteiger partial charge in [0.05, 0.1) is 7.11 Å². The first-order valence-electron chi connectivity index (χ1n) is 7.17. The molecule has 1 aliphatic heterocycles. The maximum Gasteiger partial charge on any atom is 0.167 e. The van der Waals surface area contributed by atoms with Gasteiger partial charge < -0.3 is 14.6 Å². The zero-order chi connectivity index (χ0) is 15.1. The maximum absolute atomic E-state index is 10.1. The average Bonchev–Trinajstić information content (AvgIpc) is 2.78. The molecule has 0 aliphatic carbocycles. The standard InChI is InChI=1S/C18H20O3/c1-10-7-5-6-8-13(10)16-11(2)14-9-15(19)12(3)17(20-4)18(14)21-16/h5-9,11,16,19H,1-4H3/t11-,16-/m0/s1. The largest absolute Gasteiger partial charge is 0.508 e. The van der Waals surface area contributed by atoms with Crippen LogP contribution in [0.15, 0.2) is 30.3 Å². The van der Waals surface area contributed by atoms with Crippen LogP contribution in [-0.4, -0.2) is 12.2 Å². The fraction of sp³-hybridized carbons (Fsp3) is 0.333. The summed E-state index contributed by atoms with van der Waals surface area (Å²) >= 11 is 0. The Bertz CT molecular complexity index is 691. The van der Waals surface area contributed by atoms with E-state index >= 15 is 0 Å². The predicted molar refractivity (Wildman–Crippen MR) is 82.4 cm³/mol. The first-order chi connectivity index (χ1) is 10.0. The molecule has 0 unspecified atom stereocenters. The Labute approximate surface area is 125 Å². The molecule has 3 heteroatoms. The van der Waals surface area contributed by atoms with Crippen molar-refractivity contribution in [2.45, 2.75) is 32.8 Å². The van der Waals surface area contributed by atoms with Gasteiger partial charge in [-0.1, -0.05) is 31.2 Å². The normalized spacial score (nSPS) is 20.0. The van der Waals surface area contributed by atoms with E-state index in [0.29, 0.717) is 11.3 Å². The molecule has 2 aromatic carbocycles. The number of hydrogen-bond donors (Lipinski definition) is 1. The summed E-state index contributed by atoms with van der Waals surface area (Å²) in [6, 6.07) is 10.1. The summed E-state index contributed by atoms with van der Waals surface area (Å²) in [5, 5.41) is 10.1. The van der Waals surface area contributed by atoms with Gasteiger partial charge in [-0.15, -0.1) is 0 Å². The van der Waals surface area contributed by atoms with Gasteiger partial charge in [-0.05, 0) is 31.0 Å². The van der Waals surface area contributed by atoms with Crippen molar-refractivity contribution in [3.63, 3.8) is 0 Å². The third kappa shape index (κ3) is 2.04. The maximum atomic E-state index is 10.1. The molecule has 0 spiro atoms. The highest BCUT2D eigenvalue weighted by atomic mass is 16.5. The first kappa shape index (κ1) is 13.8. The molecule has 0 bridgehead atoms. The quantitative estimate of drug-likeness (QED) is 0.895. The van der Waals surface area contributed by atoms with Crippen LogP contribution in [0.4, 0.5) is 0 Å². The van der Waals surface area contributed by atoms with E-state index in [-0.39, 0.29) is 17.8 Å². The summed E-state index contributed by atoms with van der Waals surface area (Å²) in [5.41, 5.74) is 4.11. The molecule has 0 fully saturated rings. The third-order valence-corrected chi connectivity index (χ3v) is 4.37. The molecule has 1 heterocycles. The molecule has 110 valence electrons. The van der Waals surface area contributed by atoms with Gasteiger partial charge in [-0.3, -0.25) is 0 Å². The van der Waals surface area contributed by atoms with Crippen molar-refractivity contribution in [3.8, 4) is 17.2 Å². The molecule has 2 atom stereocenters. The number of fused-ring (bicyclic) bond motifs is 1. The van der Waals surface area contributed by atoms with E-state index in [9.17, 15) is 5.11 Å². The predicted octanol–water partition coefficient (Wildman–Crippen LogP) is 4.25. The van der Waals surface area contributed by atoms with Crippen molar-refractivity contribution in [1.82, 2.24) is 0 Å². The minimum atomic E-state index is -0.0451. The second-order valence-electron chi connectivity index (χ2n) is 5.66. The highest BCUT2D eigenvalue weighted by Crippen LogP contribution is 2.53. The molecule has 0 aromatic heterocycles. The zero-order valence-electron chi connectivity index (χ0n) is 12.8. The molecule has 3 rings (SSSR count). The van der Waals surface area contributed by atoms with Crippen LogP contribution >= 0.6 is 0 Å². The summed E-state index contributed by atoms with van der Waals surface area (Å²) in [6.45, 7) is 6.05. The summed E-state index contributed by atoms with van der Waals surface area (Å²) in [7, 11) is 1.61. The van der Waals surface area contributed by atoms with E-state index in [4.69, 9.17) is 9.47 Å². The summed E-state index contributed by atoms with van der Waals surface area (Å²) < 4.78 is 11.7. The first-order valence-corrected chi connectivity index (χ1v) is 7.17. The van der Waals surface area contributed by atoms with Crippen LogP contribution in [0.25, 0.3) is 0 Å². The van der Waals surface area contributed by atoms with E-state index in [1.54, 1.807) is 13.2 Å². The highest BCUT2D eigenvalue weighted by Gasteiger charge is 2.36. The highest BCUT2D eigenvalue weighted by molar-refractivity contribution is 5.61. The number of aromatic hydroxyl groups is 1. The topological polar surface area (TPSA) is 38.7 Å². The van der Waals surface area contributed by atoms with Gasteiger partial charge in [-0.25, -0.2) is 0 Å². The minimum absolute atomic E-state index is 0.0451. The van der Waals surface area contributed by atoms with Gasteiger partial charge in [0.25, 0.3) is 0 Å². The fourth-order valence-corrected chi connectivity index (χ4v) is 3.08. The number of hydrogen-bond acceptors (Lipinski definition) is 3. The third-order valence-electron chi connectivity index (χ3n) is 4.37. The van der Waals surface area contributed by atoms with Crippen molar-refractivity contribution in [3.05, 3.63) is 52.6 Å². The van der Waals surface area contributed by atoms with Crippen LogP contribution in [-0.2, 0) is 0 Å². The second kappa shape index (κ2) is 4.99. The van der Waals surface area contributed by atoms with E-state index in [2.05, 4.69) is 26.0 Å². The summed E-state index contributed by atoms with van der Waals surface area (Å²) in [6.07, 6.45) is -0.0451. The van der Waals surface area contributed by atoms with E-state index in [1.807, 2.05) is 19.1 Å². The molecule has 1 aliphatic rings. The van der Waals surface area contributed by atoms with Crippen molar-refractivity contribution >= 4 is 0 Å². The smallest absolute Gasteiger partial charge is 0.167 e. The Balaban J connectivity index is 2.11. The number of rotatable bonds is 2. The van der Waals surface area contributed by atoms with Crippen molar-refractivity contribution in [1.29, 1.82) is 0 Å². The van der Waals surface area contributed by atoms with Crippen molar-refractivity contribution < 1.29 is 14.6 Å². The van der Waals surface area contributed by atoms with Gasteiger partial charge in [0, 0.05) is 17.0 Å². The lowest BCUT2D eigenvalue weighted by Gasteiger charge is -2.18. The van der Waals surface area contributed by atoms with Gasteiger partial charge in [-0.2, -0.15) is 0 Å².